The summed E-state index contributed by atoms with van der Waals surface area (Å²) in [6, 6.07) is 18.6. The number of rotatable bonds is 15. The minimum absolute atomic E-state index is 0. The van der Waals surface area contributed by atoms with E-state index in [1.807, 2.05) is 0 Å². The van der Waals surface area contributed by atoms with Gasteiger partial charge < -0.3 is 56.9 Å². The molecule has 0 spiro atoms. The van der Waals surface area contributed by atoms with Crippen LogP contribution in [-0.4, -0.2) is 61.3 Å². The minimum atomic E-state index is 0. The second kappa shape index (κ2) is 17.3. The van der Waals surface area contributed by atoms with Crippen molar-refractivity contribution in [1.82, 2.24) is 0 Å². The van der Waals surface area contributed by atoms with E-state index < -0.39 is 0 Å². The van der Waals surface area contributed by atoms with Gasteiger partial charge in [0.2, 0.25) is 0 Å². The molecule has 0 radical (unpaired) electrons. The highest BCUT2D eigenvalue weighted by atomic mass is 127. The Kier molecular flexibility index (Phi) is 17.2. The summed E-state index contributed by atoms with van der Waals surface area (Å²) < 4.78 is 2.50. The summed E-state index contributed by atoms with van der Waals surface area (Å²) >= 11 is 0. The fourth-order valence-corrected chi connectivity index (χ4v) is 5.26. The average molecular weight is 693 g/mol. The number of nitrogens with zero attached hydrogens (tertiary/aromatic N) is 2. The van der Waals surface area contributed by atoms with Gasteiger partial charge in [0, 0.05) is 12.8 Å². The van der Waals surface area contributed by atoms with Crippen molar-refractivity contribution in [2.24, 2.45) is 0 Å². The summed E-state index contributed by atoms with van der Waals surface area (Å²) in [5.74, 6) is 0. The first-order valence-electron chi connectivity index (χ1n) is 13.4. The van der Waals surface area contributed by atoms with Crippen LogP contribution in [0.1, 0.15) is 65.5 Å². The molecule has 0 aliphatic carbocycles. The molecule has 0 bridgehead atoms. The number of benzene rings is 2. The summed E-state index contributed by atoms with van der Waals surface area (Å²) in [6.45, 7) is 24.1. The Balaban J connectivity index is 0.00000544. The van der Waals surface area contributed by atoms with Gasteiger partial charge in [0.1, 0.15) is 0 Å². The molecule has 0 aliphatic rings. The zero-order chi connectivity index (χ0) is 23.5. The third-order valence-corrected chi connectivity index (χ3v) is 8.46. The van der Waals surface area contributed by atoms with Gasteiger partial charge in [-0.05, 0) is 76.6 Å². The molecular formula is C30H50I2N2. The van der Waals surface area contributed by atoms with Gasteiger partial charge in [-0.25, -0.2) is 0 Å². The first-order chi connectivity index (χ1) is 15.5. The summed E-state index contributed by atoms with van der Waals surface area (Å²) in [6.07, 6.45) is 4.92. The first-order valence-corrected chi connectivity index (χ1v) is 13.4. The van der Waals surface area contributed by atoms with E-state index in [1.165, 1.54) is 109 Å². The molecule has 0 heterocycles. The van der Waals surface area contributed by atoms with Crippen molar-refractivity contribution in [2.45, 2.75) is 67.2 Å². The fraction of sp³-hybridized carbons (Fsp3) is 0.600. The van der Waals surface area contributed by atoms with Gasteiger partial charge in [0.25, 0.3) is 0 Å². The van der Waals surface area contributed by atoms with E-state index >= 15 is 0 Å². The summed E-state index contributed by atoms with van der Waals surface area (Å²) in [5, 5.41) is 0. The molecule has 2 nitrogen and oxygen atoms in total. The molecular weight excluding hydrogens is 642 g/mol. The van der Waals surface area contributed by atoms with E-state index in [0.29, 0.717) is 0 Å². The van der Waals surface area contributed by atoms with Crippen LogP contribution in [0.5, 0.6) is 0 Å². The average Bonchev–Trinajstić information content (AvgIpc) is 2.86. The molecule has 0 amide bonds. The van der Waals surface area contributed by atoms with Crippen LogP contribution >= 0.6 is 0 Å². The molecule has 0 saturated heterocycles. The van der Waals surface area contributed by atoms with Crippen molar-refractivity contribution < 1.29 is 56.9 Å². The molecule has 34 heavy (non-hydrogen) atoms. The normalized spacial score (nSPS) is 11.6. The number of aryl methyl sites for hydroxylation is 2. The quantitative estimate of drug-likeness (QED) is 0.193. The summed E-state index contributed by atoms with van der Waals surface area (Å²) in [5.41, 5.74) is 5.60. The molecule has 0 aliphatic heterocycles. The second-order valence-electron chi connectivity index (χ2n) is 9.63. The lowest BCUT2D eigenvalue weighted by Crippen LogP contribution is -3.00. The number of quaternary nitrogens is 2. The molecule has 0 atom stereocenters. The monoisotopic (exact) mass is 692 g/mol. The topological polar surface area (TPSA) is 0 Å². The Hall–Kier alpha value is -0.180. The van der Waals surface area contributed by atoms with Crippen LogP contribution < -0.4 is 48.0 Å². The molecule has 0 unspecified atom stereocenters. The predicted molar refractivity (Wildman–Crippen MR) is 142 cm³/mol. The largest absolute Gasteiger partial charge is 1.00 e. The van der Waals surface area contributed by atoms with Gasteiger partial charge in [-0.3, -0.25) is 0 Å². The Labute approximate surface area is 245 Å². The van der Waals surface area contributed by atoms with Crippen LogP contribution in [0, 0.1) is 0 Å². The summed E-state index contributed by atoms with van der Waals surface area (Å²) in [7, 11) is 0. The van der Waals surface area contributed by atoms with E-state index in [9.17, 15) is 0 Å². The first kappa shape index (κ1) is 33.8. The number of hydrogen-bond donors (Lipinski definition) is 0. The van der Waals surface area contributed by atoms with Crippen LogP contribution in [0.25, 0.3) is 11.1 Å². The molecule has 2 aromatic rings. The van der Waals surface area contributed by atoms with Crippen LogP contribution in [0.15, 0.2) is 48.5 Å². The third-order valence-electron chi connectivity index (χ3n) is 8.46. The zero-order valence-corrected chi connectivity index (χ0v) is 27.1. The molecule has 2 aromatic carbocycles. The van der Waals surface area contributed by atoms with Crippen molar-refractivity contribution in [2.75, 3.05) is 52.4 Å². The van der Waals surface area contributed by atoms with Crippen molar-refractivity contribution in [3.63, 3.8) is 0 Å². The Bertz CT molecular complexity index is 679. The van der Waals surface area contributed by atoms with Gasteiger partial charge in [0.05, 0.1) is 52.4 Å². The van der Waals surface area contributed by atoms with Crippen LogP contribution in [0.3, 0.4) is 0 Å². The molecule has 0 saturated carbocycles. The van der Waals surface area contributed by atoms with E-state index in [4.69, 9.17) is 0 Å². The van der Waals surface area contributed by atoms with Crippen molar-refractivity contribution in [3.8, 4) is 11.1 Å². The lowest BCUT2D eigenvalue weighted by Gasteiger charge is -2.35. The van der Waals surface area contributed by atoms with Gasteiger partial charge in [0.15, 0.2) is 0 Å². The standard InChI is InChI=1S/C30H50N2.2HI/c1-7-31(8-2,9-3)25-13-15-27-17-21-29(22-18-27)30-23-19-28(20-24-30)16-14-26-32(10-4,11-5)12-6;;/h17-24H,7-16,25-26H2,1-6H3;2*1H/q+2;;/p-2. The maximum atomic E-state index is 2.33. The van der Waals surface area contributed by atoms with E-state index in [2.05, 4.69) is 90.1 Å². The molecule has 194 valence electrons. The third kappa shape index (κ3) is 9.70. The Morgan fingerprint density at radius 2 is 0.706 bits per heavy atom. The second-order valence-corrected chi connectivity index (χ2v) is 9.63. The van der Waals surface area contributed by atoms with Crippen molar-refractivity contribution in [3.05, 3.63) is 59.7 Å². The van der Waals surface area contributed by atoms with Crippen molar-refractivity contribution >= 4 is 0 Å². The lowest BCUT2D eigenvalue weighted by atomic mass is 9.99. The number of halogens is 2. The molecule has 4 heteroatoms. The predicted octanol–water partition coefficient (Wildman–Crippen LogP) is 0.980. The Morgan fingerprint density at radius 3 is 0.941 bits per heavy atom. The Morgan fingerprint density at radius 1 is 0.441 bits per heavy atom. The summed E-state index contributed by atoms with van der Waals surface area (Å²) in [4.78, 5) is 0. The van der Waals surface area contributed by atoms with Crippen LogP contribution in [0.2, 0.25) is 0 Å². The fourth-order valence-electron chi connectivity index (χ4n) is 5.26. The zero-order valence-electron chi connectivity index (χ0n) is 22.8. The van der Waals surface area contributed by atoms with Crippen molar-refractivity contribution in [1.29, 1.82) is 0 Å². The SMILES string of the molecule is CC[N+](CC)(CC)CCCc1ccc(-c2ccc(CCC[N+](CC)(CC)CC)cc2)cc1.[I-].[I-]. The lowest BCUT2D eigenvalue weighted by molar-refractivity contribution is -0.923. The molecule has 0 N–H and O–H groups in total. The van der Waals surface area contributed by atoms with Crippen LogP contribution in [0.4, 0.5) is 0 Å². The number of hydrogen-bond acceptors (Lipinski definition) is 0. The van der Waals surface area contributed by atoms with Gasteiger partial charge in [-0.15, -0.1) is 0 Å². The van der Waals surface area contributed by atoms with E-state index in [0.717, 1.165) is 0 Å². The highest BCUT2D eigenvalue weighted by Crippen LogP contribution is 2.22. The maximum absolute atomic E-state index is 2.33. The smallest absolute Gasteiger partial charge is 0.0789 e. The van der Waals surface area contributed by atoms with Gasteiger partial charge in [-0.1, -0.05) is 48.5 Å². The van der Waals surface area contributed by atoms with E-state index in [-0.39, 0.29) is 48.0 Å². The van der Waals surface area contributed by atoms with Gasteiger partial charge >= 0.3 is 0 Å². The van der Waals surface area contributed by atoms with Crippen LogP contribution in [-0.2, 0) is 12.8 Å². The van der Waals surface area contributed by atoms with Gasteiger partial charge in [-0.2, -0.15) is 0 Å². The maximum Gasteiger partial charge on any atom is 0.0789 e. The minimum Gasteiger partial charge on any atom is -1.00 e. The highest BCUT2D eigenvalue weighted by molar-refractivity contribution is 5.63. The molecule has 2 rings (SSSR count). The molecule has 0 fully saturated rings. The van der Waals surface area contributed by atoms with E-state index in [1.54, 1.807) is 0 Å². The molecule has 0 aromatic heterocycles. The highest BCUT2D eigenvalue weighted by Gasteiger charge is 2.20.